The fourth-order valence-electron chi connectivity index (χ4n) is 5.46. The van der Waals surface area contributed by atoms with Gasteiger partial charge in [0.25, 0.3) is 5.91 Å². The minimum absolute atomic E-state index is 0.0510. The maximum atomic E-state index is 13.3. The number of hydrogen-bond acceptors (Lipinski definition) is 2. The highest BCUT2D eigenvalue weighted by molar-refractivity contribution is 5.98. The lowest BCUT2D eigenvalue weighted by Gasteiger charge is -2.44. The summed E-state index contributed by atoms with van der Waals surface area (Å²) in [5.74, 6) is 0.630. The van der Waals surface area contributed by atoms with Gasteiger partial charge >= 0.3 is 0 Å². The number of aromatic nitrogens is 1. The highest BCUT2D eigenvalue weighted by Crippen LogP contribution is 2.30. The number of nitrogens with one attached hydrogen (secondary N) is 1. The molecule has 0 radical (unpaired) electrons. The van der Waals surface area contributed by atoms with Gasteiger partial charge in [-0.2, -0.15) is 0 Å². The van der Waals surface area contributed by atoms with Gasteiger partial charge in [0, 0.05) is 30.0 Å². The average Bonchev–Trinajstić information content (AvgIpc) is 3.16. The molecule has 1 aromatic heterocycles. The molecule has 1 N–H and O–H groups in total. The van der Waals surface area contributed by atoms with Crippen molar-refractivity contribution in [1.29, 1.82) is 0 Å². The van der Waals surface area contributed by atoms with Crippen LogP contribution in [0.15, 0.2) is 60.7 Å². The topological polar surface area (TPSA) is 37.3 Å². The second kappa shape index (κ2) is 8.65. The summed E-state index contributed by atoms with van der Waals surface area (Å²) in [6.45, 7) is 3.96. The SMILES string of the molecule is O=C(NCC1CCCN2CCCCC12)c1cc2ccccc2n1Cc1ccccc1. The first-order valence-electron chi connectivity index (χ1n) is 11.4. The van der Waals surface area contributed by atoms with Gasteiger partial charge in [0.1, 0.15) is 5.69 Å². The van der Waals surface area contributed by atoms with Gasteiger partial charge in [0.2, 0.25) is 0 Å². The first-order chi connectivity index (χ1) is 14.8. The second-order valence-corrected chi connectivity index (χ2v) is 8.87. The van der Waals surface area contributed by atoms with E-state index in [4.69, 9.17) is 0 Å². The summed E-state index contributed by atoms with van der Waals surface area (Å²) in [7, 11) is 0. The number of piperidine rings is 2. The molecule has 0 aliphatic carbocycles. The summed E-state index contributed by atoms with van der Waals surface area (Å²) in [6, 6.07) is 21.4. The number of nitrogens with zero attached hydrogens (tertiary/aromatic N) is 2. The van der Waals surface area contributed by atoms with E-state index in [9.17, 15) is 4.79 Å². The van der Waals surface area contributed by atoms with E-state index in [0.29, 0.717) is 18.5 Å². The number of amides is 1. The lowest BCUT2D eigenvalue weighted by Crippen LogP contribution is -2.51. The van der Waals surface area contributed by atoms with E-state index in [0.717, 1.165) is 23.1 Å². The van der Waals surface area contributed by atoms with Crippen LogP contribution in [-0.2, 0) is 6.54 Å². The van der Waals surface area contributed by atoms with Crippen molar-refractivity contribution in [1.82, 2.24) is 14.8 Å². The van der Waals surface area contributed by atoms with Gasteiger partial charge in [0.15, 0.2) is 0 Å². The minimum Gasteiger partial charge on any atom is -0.350 e. The largest absolute Gasteiger partial charge is 0.350 e. The van der Waals surface area contributed by atoms with Gasteiger partial charge < -0.3 is 14.8 Å². The third-order valence-electron chi connectivity index (χ3n) is 6.98. The molecule has 2 saturated heterocycles. The van der Waals surface area contributed by atoms with Crippen LogP contribution in [0.2, 0.25) is 0 Å². The molecule has 5 rings (SSSR count). The van der Waals surface area contributed by atoms with Crippen molar-refractivity contribution in [3.8, 4) is 0 Å². The number of hydrogen-bond donors (Lipinski definition) is 1. The van der Waals surface area contributed by atoms with Crippen molar-refractivity contribution in [3.63, 3.8) is 0 Å². The van der Waals surface area contributed by atoms with Crippen LogP contribution in [0.4, 0.5) is 0 Å². The van der Waals surface area contributed by atoms with E-state index in [1.54, 1.807) is 0 Å². The number of fused-ring (bicyclic) bond motifs is 2. The van der Waals surface area contributed by atoms with Gasteiger partial charge in [-0.25, -0.2) is 0 Å². The third kappa shape index (κ3) is 3.89. The van der Waals surface area contributed by atoms with Crippen molar-refractivity contribution in [2.24, 2.45) is 5.92 Å². The zero-order chi connectivity index (χ0) is 20.3. The highest BCUT2D eigenvalue weighted by atomic mass is 16.1. The molecule has 0 spiro atoms. The summed E-state index contributed by atoms with van der Waals surface area (Å²) in [4.78, 5) is 15.9. The van der Waals surface area contributed by atoms with Crippen molar-refractivity contribution < 1.29 is 4.79 Å². The molecule has 2 unspecified atom stereocenters. The Labute approximate surface area is 178 Å². The Kier molecular flexibility index (Phi) is 5.58. The van der Waals surface area contributed by atoms with Crippen molar-refractivity contribution >= 4 is 16.8 Å². The van der Waals surface area contributed by atoms with Gasteiger partial charge in [-0.3, -0.25) is 4.79 Å². The smallest absolute Gasteiger partial charge is 0.267 e. The van der Waals surface area contributed by atoms with Crippen LogP contribution in [0.25, 0.3) is 10.9 Å². The van der Waals surface area contributed by atoms with Gasteiger partial charge in [-0.15, -0.1) is 0 Å². The molecule has 3 heterocycles. The molecule has 2 aliphatic heterocycles. The van der Waals surface area contributed by atoms with Gasteiger partial charge in [-0.05, 0) is 62.4 Å². The second-order valence-electron chi connectivity index (χ2n) is 8.87. The van der Waals surface area contributed by atoms with Crippen molar-refractivity contribution in [2.75, 3.05) is 19.6 Å². The summed E-state index contributed by atoms with van der Waals surface area (Å²) in [6.07, 6.45) is 6.43. The van der Waals surface area contributed by atoms with Crippen LogP contribution < -0.4 is 5.32 Å². The zero-order valence-corrected chi connectivity index (χ0v) is 17.6. The van der Waals surface area contributed by atoms with E-state index >= 15 is 0 Å². The zero-order valence-electron chi connectivity index (χ0n) is 17.6. The van der Waals surface area contributed by atoms with Gasteiger partial charge in [-0.1, -0.05) is 55.0 Å². The number of para-hydroxylation sites is 1. The predicted octanol–water partition coefficient (Wildman–Crippen LogP) is 4.68. The Morgan fingerprint density at radius 1 is 0.933 bits per heavy atom. The lowest BCUT2D eigenvalue weighted by atomic mass is 9.83. The fourth-order valence-corrected chi connectivity index (χ4v) is 5.46. The molecular formula is C26H31N3O. The molecule has 1 amide bonds. The molecule has 2 atom stereocenters. The number of benzene rings is 2. The summed E-state index contributed by atoms with van der Waals surface area (Å²) in [5, 5.41) is 4.42. The van der Waals surface area contributed by atoms with Crippen LogP contribution in [-0.4, -0.2) is 41.1 Å². The van der Waals surface area contributed by atoms with E-state index in [2.05, 4.69) is 51.2 Å². The normalized spacial score (nSPS) is 22.0. The van der Waals surface area contributed by atoms with Crippen molar-refractivity contribution in [3.05, 3.63) is 71.9 Å². The Morgan fingerprint density at radius 2 is 1.73 bits per heavy atom. The van der Waals surface area contributed by atoms with Crippen molar-refractivity contribution in [2.45, 2.75) is 44.7 Å². The molecule has 0 saturated carbocycles. The first-order valence-corrected chi connectivity index (χ1v) is 11.4. The molecule has 2 aliphatic rings. The maximum absolute atomic E-state index is 13.3. The monoisotopic (exact) mass is 401 g/mol. The third-order valence-corrected chi connectivity index (χ3v) is 6.98. The Hall–Kier alpha value is -2.59. The van der Waals surface area contributed by atoms with Crippen LogP contribution in [0.3, 0.4) is 0 Å². The molecule has 4 nitrogen and oxygen atoms in total. The molecule has 2 fully saturated rings. The van der Waals surface area contributed by atoms with Crippen LogP contribution in [0.1, 0.15) is 48.2 Å². The molecule has 30 heavy (non-hydrogen) atoms. The number of rotatable bonds is 5. The molecule has 4 heteroatoms. The first kappa shape index (κ1) is 19.4. The van der Waals surface area contributed by atoms with Crippen LogP contribution in [0, 0.1) is 5.92 Å². The molecule has 3 aromatic rings. The maximum Gasteiger partial charge on any atom is 0.267 e. The standard InChI is InChI=1S/C26H31N3O/c30-26(27-18-22-12-8-16-28-15-7-6-13-23(22)28)25-17-21-11-4-5-14-24(21)29(25)19-20-9-2-1-3-10-20/h1-5,9-11,14,17,22-23H,6-8,12-13,15-16,18-19H2,(H,27,30). The van der Waals surface area contributed by atoms with Gasteiger partial charge in [0.05, 0.1) is 0 Å². The van der Waals surface area contributed by atoms with Crippen LogP contribution in [0.5, 0.6) is 0 Å². The van der Waals surface area contributed by atoms with Crippen LogP contribution >= 0.6 is 0 Å². The fraction of sp³-hybridized carbons (Fsp3) is 0.423. The van der Waals surface area contributed by atoms with E-state index in [1.807, 2.05) is 24.3 Å². The van der Waals surface area contributed by atoms with E-state index in [1.165, 1.54) is 50.8 Å². The number of carbonyl (C=O) groups excluding carboxylic acids is 1. The molecule has 0 bridgehead atoms. The molecule has 2 aromatic carbocycles. The Bertz CT molecular complexity index is 1010. The highest BCUT2D eigenvalue weighted by Gasteiger charge is 2.33. The minimum atomic E-state index is 0.0510. The average molecular weight is 402 g/mol. The molecular weight excluding hydrogens is 370 g/mol. The summed E-state index contributed by atoms with van der Waals surface area (Å²) in [5.41, 5.74) is 3.08. The Morgan fingerprint density at radius 3 is 2.63 bits per heavy atom. The van der Waals surface area contributed by atoms with E-state index in [-0.39, 0.29) is 5.91 Å². The summed E-state index contributed by atoms with van der Waals surface area (Å²) < 4.78 is 2.16. The quantitative estimate of drug-likeness (QED) is 0.674. The summed E-state index contributed by atoms with van der Waals surface area (Å²) >= 11 is 0. The molecule has 156 valence electrons. The number of carbonyl (C=O) groups is 1. The Balaban J connectivity index is 1.36. The van der Waals surface area contributed by atoms with E-state index < -0.39 is 0 Å². The lowest BCUT2D eigenvalue weighted by molar-refractivity contribution is 0.0574. The predicted molar refractivity (Wildman–Crippen MR) is 122 cm³/mol.